The number of amides is 1. The molecule has 0 aliphatic rings. The van der Waals surface area contributed by atoms with Gasteiger partial charge in [-0.3, -0.25) is 14.3 Å². The van der Waals surface area contributed by atoms with Crippen LogP contribution in [0.2, 0.25) is 0 Å². The quantitative estimate of drug-likeness (QED) is 0.588. The first-order chi connectivity index (χ1) is 12.4. The highest BCUT2D eigenvalue weighted by atomic mass is 19.4. The minimum absolute atomic E-state index is 0.0947. The van der Waals surface area contributed by atoms with Gasteiger partial charge < -0.3 is 5.32 Å². The van der Waals surface area contributed by atoms with Crippen LogP contribution in [0.1, 0.15) is 21.9 Å². The van der Waals surface area contributed by atoms with Gasteiger partial charge in [0.2, 0.25) is 0 Å². The van der Waals surface area contributed by atoms with Crippen LogP contribution >= 0.6 is 0 Å². The van der Waals surface area contributed by atoms with Crippen molar-refractivity contribution in [3.05, 3.63) is 59.7 Å². The third-order valence-electron chi connectivity index (χ3n) is 3.89. The predicted octanol–water partition coefficient (Wildman–Crippen LogP) is 2.55. The van der Waals surface area contributed by atoms with E-state index in [4.69, 9.17) is 0 Å². The summed E-state index contributed by atoms with van der Waals surface area (Å²) in [6, 6.07) is 9.27. The van der Waals surface area contributed by atoms with Crippen LogP contribution in [0.3, 0.4) is 0 Å². The second-order valence-electron chi connectivity index (χ2n) is 5.56. The third-order valence-corrected chi connectivity index (χ3v) is 3.89. The highest BCUT2D eigenvalue weighted by Crippen LogP contribution is 2.29. The Kier molecular flexibility index (Phi) is 3.60. The molecule has 3 heterocycles. The molecule has 3 aromatic heterocycles. The molecule has 0 aliphatic carbocycles. The lowest BCUT2D eigenvalue weighted by Crippen LogP contribution is -2.24. The monoisotopic (exact) mass is 360 g/mol. The van der Waals surface area contributed by atoms with Crippen LogP contribution in [0.15, 0.2) is 42.6 Å². The fourth-order valence-corrected chi connectivity index (χ4v) is 2.61. The molecule has 10 heteroatoms. The second-order valence-corrected chi connectivity index (χ2v) is 5.56. The van der Waals surface area contributed by atoms with Gasteiger partial charge in [0.1, 0.15) is 0 Å². The Balaban J connectivity index is 1.59. The average Bonchev–Trinajstić information content (AvgIpc) is 3.22. The molecule has 0 saturated heterocycles. The molecule has 0 bridgehead atoms. The minimum Gasteiger partial charge on any atom is -0.343 e. The Labute approximate surface area is 143 Å². The van der Waals surface area contributed by atoms with E-state index in [0.717, 1.165) is 12.3 Å². The molecule has 0 radical (unpaired) electrons. The molecule has 0 fully saturated rings. The maximum atomic E-state index is 12.9. The van der Waals surface area contributed by atoms with Crippen LogP contribution < -0.4 is 5.32 Å². The number of halogens is 3. The van der Waals surface area contributed by atoms with Gasteiger partial charge in [-0.05, 0) is 18.2 Å². The number of hydrogen-bond acceptors (Lipinski definition) is 4. The summed E-state index contributed by atoms with van der Waals surface area (Å²) in [5.41, 5.74) is 0.342. The Bertz CT molecular complexity index is 1110. The van der Waals surface area contributed by atoms with Gasteiger partial charge in [0.25, 0.3) is 5.91 Å². The van der Waals surface area contributed by atoms with Gasteiger partial charge in [-0.1, -0.05) is 18.2 Å². The normalized spacial score (nSPS) is 12.0. The molecule has 0 unspecified atom stereocenters. The molecular formula is C16H11F3N6O. The average molecular weight is 360 g/mol. The van der Waals surface area contributed by atoms with Crippen molar-refractivity contribution in [1.82, 2.24) is 30.1 Å². The number of pyridine rings is 1. The number of aromatic nitrogens is 5. The maximum absolute atomic E-state index is 12.9. The number of alkyl halides is 3. The van der Waals surface area contributed by atoms with Crippen LogP contribution in [0, 0.1) is 0 Å². The van der Waals surface area contributed by atoms with E-state index in [-0.39, 0.29) is 23.7 Å². The summed E-state index contributed by atoms with van der Waals surface area (Å²) < 4.78 is 39.8. The fraction of sp³-hybridized carbons (Fsp3) is 0.125. The summed E-state index contributed by atoms with van der Waals surface area (Å²) in [6.45, 7) is -0.0947. The number of benzene rings is 1. The van der Waals surface area contributed by atoms with Gasteiger partial charge in [0.15, 0.2) is 17.2 Å². The van der Waals surface area contributed by atoms with Gasteiger partial charge >= 0.3 is 6.18 Å². The number of hydrogen-bond donors (Lipinski definition) is 2. The van der Waals surface area contributed by atoms with Crippen LogP contribution in [0.25, 0.3) is 16.6 Å². The minimum atomic E-state index is -4.48. The van der Waals surface area contributed by atoms with E-state index < -0.39 is 17.6 Å². The Morgan fingerprint density at radius 3 is 2.77 bits per heavy atom. The molecule has 4 aromatic rings. The van der Waals surface area contributed by atoms with E-state index in [1.165, 1.54) is 10.5 Å². The predicted molar refractivity (Wildman–Crippen MR) is 85.3 cm³/mol. The van der Waals surface area contributed by atoms with E-state index in [9.17, 15) is 18.0 Å². The summed E-state index contributed by atoms with van der Waals surface area (Å²) >= 11 is 0. The number of nitrogens with one attached hydrogen (secondary N) is 2. The zero-order chi connectivity index (χ0) is 18.3. The summed E-state index contributed by atoms with van der Waals surface area (Å²) in [5, 5.41) is 17.6. The first-order valence-electron chi connectivity index (χ1n) is 7.55. The molecule has 0 aliphatic heterocycles. The second kappa shape index (κ2) is 5.83. The number of carbonyl (C=O) groups is 1. The van der Waals surface area contributed by atoms with Crippen LogP contribution in [-0.4, -0.2) is 30.7 Å². The van der Waals surface area contributed by atoms with Gasteiger partial charge in [-0.2, -0.15) is 18.3 Å². The molecule has 2 N–H and O–H groups in total. The van der Waals surface area contributed by atoms with Crippen molar-refractivity contribution in [3.63, 3.8) is 0 Å². The number of nitrogens with zero attached hydrogens (tertiary/aromatic N) is 4. The van der Waals surface area contributed by atoms with Gasteiger partial charge in [-0.25, -0.2) is 0 Å². The maximum Gasteiger partial charge on any atom is 0.417 e. The van der Waals surface area contributed by atoms with E-state index in [1.807, 2.05) is 6.07 Å². The summed E-state index contributed by atoms with van der Waals surface area (Å²) in [4.78, 5) is 12.3. The summed E-state index contributed by atoms with van der Waals surface area (Å²) in [5.74, 6) is -0.287. The molecule has 4 rings (SSSR count). The largest absolute Gasteiger partial charge is 0.417 e. The Morgan fingerprint density at radius 2 is 1.96 bits per heavy atom. The highest BCUT2D eigenvalue weighted by Gasteiger charge is 2.31. The lowest BCUT2D eigenvalue weighted by molar-refractivity contribution is -0.137. The van der Waals surface area contributed by atoms with Crippen LogP contribution in [0.4, 0.5) is 13.2 Å². The zero-order valence-electron chi connectivity index (χ0n) is 13.1. The van der Waals surface area contributed by atoms with Gasteiger partial charge in [-0.15, -0.1) is 10.2 Å². The van der Waals surface area contributed by atoms with Gasteiger partial charge in [0.05, 0.1) is 17.6 Å². The Hall–Kier alpha value is -3.43. The molecule has 7 nitrogen and oxygen atoms in total. The smallest absolute Gasteiger partial charge is 0.343 e. The molecule has 0 saturated carbocycles. The standard InChI is InChI=1S/C16H11F3N6O/c17-16(18,19)9-5-6-12-22-23-13(25(12)8-9)7-20-15(26)14-10-3-1-2-4-11(10)21-24-14/h1-6,8H,7H2,(H,20,26)(H,21,24). The number of H-pyrrole nitrogens is 1. The molecule has 132 valence electrons. The summed E-state index contributed by atoms with van der Waals surface area (Å²) in [6.07, 6.45) is -3.58. The van der Waals surface area contributed by atoms with E-state index in [0.29, 0.717) is 10.9 Å². The topological polar surface area (TPSA) is 88.0 Å². The number of aromatic amines is 1. The third kappa shape index (κ3) is 2.75. The van der Waals surface area contributed by atoms with Crippen molar-refractivity contribution in [2.75, 3.05) is 0 Å². The fourth-order valence-electron chi connectivity index (χ4n) is 2.61. The van der Waals surface area contributed by atoms with Crippen LogP contribution in [-0.2, 0) is 12.7 Å². The molecule has 0 spiro atoms. The Morgan fingerprint density at radius 1 is 1.15 bits per heavy atom. The lowest BCUT2D eigenvalue weighted by Gasteiger charge is -2.07. The number of rotatable bonds is 3. The first-order valence-corrected chi connectivity index (χ1v) is 7.55. The van der Waals surface area contributed by atoms with Crippen molar-refractivity contribution < 1.29 is 18.0 Å². The van der Waals surface area contributed by atoms with Crippen molar-refractivity contribution in [2.45, 2.75) is 12.7 Å². The molecule has 0 atom stereocenters. The number of para-hydroxylation sites is 1. The van der Waals surface area contributed by atoms with Crippen LogP contribution in [0.5, 0.6) is 0 Å². The van der Waals surface area contributed by atoms with Crippen molar-refractivity contribution in [1.29, 1.82) is 0 Å². The van der Waals surface area contributed by atoms with E-state index in [2.05, 4.69) is 25.7 Å². The van der Waals surface area contributed by atoms with E-state index >= 15 is 0 Å². The number of fused-ring (bicyclic) bond motifs is 2. The van der Waals surface area contributed by atoms with Crippen molar-refractivity contribution in [3.8, 4) is 0 Å². The van der Waals surface area contributed by atoms with Gasteiger partial charge in [0, 0.05) is 11.6 Å². The number of carbonyl (C=O) groups excluding carboxylic acids is 1. The zero-order valence-corrected chi connectivity index (χ0v) is 13.1. The van der Waals surface area contributed by atoms with Crippen molar-refractivity contribution in [2.24, 2.45) is 0 Å². The summed E-state index contributed by atoms with van der Waals surface area (Å²) in [7, 11) is 0. The molecule has 26 heavy (non-hydrogen) atoms. The lowest BCUT2D eigenvalue weighted by atomic mass is 10.2. The SMILES string of the molecule is O=C(NCc1nnc2ccc(C(F)(F)F)cn12)c1n[nH]c2ccccc12. The van der Waals surface area contributed by atoms with Crippen molar-refractivity contribution >= 4 is 22.5 Å². The molecule has 1 amide bonds. The van der Waals surface area contributed by atoms with E-state index in [1.54, 1.807) is 18.2 Å². The molecular weight excluding hydrogens is 349 g/mol. The molecule has 1 aromatic carbocycles. The highest BCUT2D eigenvalue weighted by molar-refractivity contribution is 6.04. The first kappa shape index (κ1) is 16.1.